The Balaban J connectivity index is 1.53. The van der Waals surface area contributed by atoms with Crippen LogP contribution in [0.25, 0.3) is 10.1 Å². The predicted octanol–water partition coefficient (Wildman–Crippen LogP) is 3.05. The van der Waals surface area contributed by atoms with Gasteiger partial charge < -0.3 is 5.32 Å². The molecule has 112 valence electrons. The molecule has 0 radical (unpaired) electrons. The minimum absolute atomic E-state index is 0.00542. The van der Waals surface area contributed by atoms with Gasteiger partial charge in [0, 0.05) is 11.7 Å². The number of thiophene rings is 1. The van der Waals surface area contributed by atoms with Gasteiger partial charge in [-0.15, -0.1) is 11.3 Å². The van der Waals surface area contributed by atoms with E-state index in [-0.39, 0.29) is 5.91 Å². The fourth-order valence-corrected chi connectivity index (χ4v) is 4.13. The van der Waals surface area contributed by atoms with E-state index in [9.17, 15) is 4.79 Å². The smallest absolute Gasteiger partial charge is 0.261 e. The van der Waals surface area contributed by atoms with Gasteiger partial charge in [-0.3, -0.25) is 9.48 Å². The van der Waals surface area contributed by atoms with Crippen LogP contribution >= 0.6 is 11.3 Å². The van der Waals surface area contributed by atoms with Gasteiger partial charge >= 0.3 is 0 Å². The molecule has 5 heteroatoms. The largest absolute Gasteiger partial charge is 0.346 e. The van der Waals surface area contributed by atoms with Crippen molar-refractivity contribution in [1.82, 2.24) is 15.1 Å². The van der Waals surface area contributed by atoms with Crippen LogP contribution < -0.4 is 5.32 Å². The molecule has 4 nitrogen and oxygen atoms in total. The Morgan fingerprint density at radius 1 is 1.36 bits per heavy atom. The standard InChI is InChI=1S/C17H17N3OS/c1-20-14(12-6-4-7-13(12)19-20)10-18-17(21)16-9-11-5-2-3-8-15(11)22-16/h2-3,5,8-9H,4,6-7,10H2,1H3,(H,18,21). The number of hydrogen-bond donors (Lipinski definition) is 1. The summed E-state index contributed by atoms with van der Waals surface area (Å²) in [6.45, 7) is 0.548. The maximum Gasteiger partial charge on any atom is 0.261 e. The van der Waals surface area contributed by atoms with Crippen LogP contribution in [0.3, 0.4) is 0 Å². The molecule has 0 aliphatic heterocycles. The maximum atomic E-state index is 12.4. The number of carbonyl (C=O) groups is 1. The summed E-state index contributed by atoms with van der Waals surface area (Å²) in [6, 6.07) is 10.0. The molecular formula is C17H17N3OS. The molecule has 1 N–H and O–H groups in total. The lowest BCUT2D eigenvalue weighted by molar-refractivity contribution is 0.0954. The van der Waals surface area contributed by atoms with Gasteiger partial charge in [0.15, 0.2) is 0 Å². The number of aromatic nitrogens is 2. The first-order valence-corrected chi connectivity index (χ1v) is 8.34. The summed E-state index contributed by atoms with van der Waals surface area (Å²) in [5, 5.41) is 8.71. The molecule has 1 amide bonds. The second-order valence-corrected chi connectivity index (χ2v) is 6.76. The van der Waals surface area contributed by atoms with Crippen LogP contribution in [0.5, 0.6) is 0 Å². The number of fused-ring (bicyclic) bond motifs is 2. The zero-order chi connectivity index (χ0) is 15.1. The van der Waals surface area contributed by atoms with Gasteiger partial charge in [-0.25, -0.2) is 0 Å². The normalized spacial score (nSPS) is 13.5. The van der Waals surface area contributed by atoms with Crippen LogP contribution in [0.1, 0.15) is 33.0 Å². The average Bonchev–Trinajstić information content (AvgIpc) is 3.19. The highest BCUT2D eigenvalue weighted by Gasteiger charge is 2.21. The molecule has 2 heterocycles. The molecule has 4 rings (SSSR count). The fraction of sp³-hybridized carbons (Fsp3) is 0.294. The van der Waals surface area contributed by atoms with Crippen molar-refractivity contribution < 1.29 is 4.79 Å². The number of carbonyl (C=O) groups excluding carboxylic acids is 1. The molecule has 0 spiro atoms. The number of hydrogen-bond acceptors (Lipinski definition) is 3. The van der Waals surface area contributed by atoms with Crippen molar-refractivity contribution in [2.45, 2.75) is 25.8 Å². The Morgan fingerprint density at radius 2 is 2.23 bits per heavy atom. The van der Waals surface area contributed by atoms with E-state index in [2.05, 4.69) is 10.4 Å². The van der Waals surface area contributed by atoms with Crippen LogP contribution in [-0.4, -0.2) is 15.7 Å². The molecule has 0 fully saturated rings. The Kier molecular flexibility index (Phi) is 3.22. The summed E-state index contributed by atoms with van der Waals surface area (Å²) < 4.78 is 3.06. The summed E-state index contributed by atoms with van der Waals surface area (Å²) in [5.41, 5.74) is 3.68. The zero-order valence-electron chi connectivity index (χ0n) is 12.4. The van der Waals surface area contributed by atoms with E-state index in [1.807, 2.05) is 42.1 Å². The number of amides is 1. The Labute approximate surface area is 132 Å². The quantitative estimate of drug-likeness (QED) is 0.808. The summed E-state index contributed by atoms with van der Waals surface area (Å²) in [7, 11) is 1.96. The van der Waals surface area contributed by atoms with E-state index in [0.717, 1.165) is 33.5 Å². The molecule has 22 heavy (non-hydrogen) atoms. The molecule has 0 bridgehead atoms. The third kappa shape index (κ3) is 2.22. The molecule has 1 aromatic carbocycles. The fourth-order valence-electron chi connectivity index (χ4n) is 3.15. The number of aryl methyl sites for hydroxylation is 2. The van der Waals surface area contributed by atoms with Gasteiger partial charge in [-0.2, -0.15) is 5.10 Å². The minimum atomic E-state index is -0.00542. The summed E-state index contributed by atoms with van der Waals surface area (Å²) in [6.07, 6.45) is 3.32. The van der Waals surface area contributed by atoms with E-state index >= 15 is 0 Å². The van der Waals surface area contributed by atoms with Crippen LogP contribution in [-0.2, 0) is 26.4 Å². The molecule has 0 saturated heterocycles. The predicted molar refractivity (Wildman–Crippen MR) is 88.2 cm³/mol. The van der Waals surface area contributed by atoms with Gasteiger partial charge in [0.05, 0.1) is 22.8 Å². The van der Waals surface area contributed by atoms with E-state index in [4.69, 9.17) is 0 Å². The lowest BCUT2D eigenvalue weighted by Gasteiger charge is -2.06. The van der Waals surface area contributed by atoms with Crippen molar-refractivity contribution in [2.24, 2.45) is 7.05 Å². The van der Waals surface area contributed by atoms with Crippen molar-refractivity contribution in [1.29, 1.82) is 0 Å². The third-order valence-corrected chi connectivity index (χ3v) is 5.38. The van der Waals surface area contributed by atoms with Crippen LogP contribution in [0.2, 0.25) is 0 Å². The highest BCUT2D eigenvalue weighted by molar-refractivity contribution is 7.20. The van der Waals surface area contributed by atoms with Crippen molar-refractivity contribution >= 4 is 27.3 Å². The first-order valence-electron chi connectivity index (χ1n) is 7.53. The molecular weight excluding hydrogens is 294 g/mol. The van der Waals surface area contributed by atoms with Crippen molar-refractivity contribution in [3.05, 3.63) is 52.2 Å². The van der Waals surface area contributed by atoms with Gasteiger partial charge in [-0.1, -0.05) is 18.2 Å². The van der Waals surface area contributed by atoms with Crippen LogP contribution in [0, 0.1) is 0 Å². The van der Waals surface area contributed by atoms with Crippen molar-refractivity contribution in [3.63, 3.8) is 0 Å². The van der Waals surface area contributed by atoms with E-state index in [1.54, 1.807) is 0 Å². The lowest BCUT2D eigenvalue weighted by atomic mass is 10.2. The van der Waals surface area contributed by atoms with Crippen molar-refractivity contribution in [2.75, 3.05) is 0 Å². The minimum Gasteiger partial charge on any atom is -0.346 e. The number of benzene rings is 1. The maximum absolute atomic E-state index is 12.4. The zero-order valence-corrected chi connectivity index (χ0v) is 13.2. The van der Waals surface area contributed by atoms with E-state index in [1.165, 1.54) is 29.0 Å². The molecule has 3 aromatic rings. The Bertz CT molecular complexity index is 829. The molecule has 1 aliphatic carbocycles. The molecule has 2 aromatic heterocycles. The Morgan fingerprint density at radius 3 is 3.09 bits per heavy atom. The number of nitrogens with zero attached hydrogens (tertiary/aromatic N) is 2. The molecule has 0 saturated carbocycles. The van der Waals surface area contributed by atoms with Crippen LogP contribution in [0.15, 0.2) is 30.3 Å². The van der Waals surface area contributed by atoms with Gasteiger partial charge in [0.1, 0.15) is 0 Å². The second kappa shape index (κ2) is 5.25. The first-order chi connectivity index (χ1) is 10.7. The van der Waals surface area contributed by atoms with Crippen LogP contribution in [0.4, 0.5) is 0 Å². The summed E-state index contributed by atoms with van der Waals surface area (Å²) in [5.74, 6) is -0.00542. The SMILES string of the molecule is Cn1nc2c(c1CNC(=O)c1cc3ccccc3s1)CCC2. The average molecular weight is 311 g/mol. The van der Waals surface area contributed by atoms with Gasteiger partial charge in [-0.05, 0) is 42.3 Å². The summed E-state index contributed by atoms with van der Waals surface area (Å²) in [4.78, 5) is 13.2. The number of nitrogens with one attached hydrogen (secondary N) is 1. The second-order valence-electron chi connectivity index (χ2n) is 5.68. The van der Waals surface area contributed by atoms with E-state index in [0.29, 0.717) is 6.54 Å². The van der Waals surface area contributed by atoms with Gasteiger partial charge in [0.2, 0.25) is 0 Å². The van der Waals surface area contributed by atoms with E-state index < -0.39 is 0 Å². The third-order valence-electron chi connectivity index (χ3n) is 4.26. The molecule has 0 unspecified atom stereocenters. The van der Waals surface area contributed by atoms with Gasteiger partial charge in [0.25, 0.3) is 5.91 Å². The highest BCUT2D eigenvalue weighted by Crippen LogP contribution is 2.26. The lowest BCUT2D eigenvalue weighted by Crippen LogP contribution is -2.23. The topological polar surface area (TPSA) is 46.9 Å². The summed E-state index contributed by atoms with van der Waals surface area (Å²) >= 11 is 1.54. The molecule has 0 atom stereocenters. The first kappa shape index (κ1) is 13.5. The molecule has 1 aliphatic rings. The Hall–Kier alpha value is -2.14. The number of rotatable bonds is 3. The van der Waals surface area contributed by atoms with Crippen molar-refractivity contribution in [3.8, 4) is 0 Å². The highest BCUT2D eigenvalue weighted by atomic mass is 32.1. The monoisotopic (exact) mass is 311 g/mol.